The number of halogens is 1. The molecule has 4 nitrogen and oxygen atoms in total. The highest BCUT2D eigenvalue weighted by molar-refractivity contribution is 5.85. The molecule has 1 aliphatic rings. The fourth-order valence-electron chi connectivity index (χ4n) is 3.06. The molecule has 0 aromatic heterocycles. The number of nitrogens with zero attached hydrogens (tertiary/aromatic N) is 1. The number of aryl methyl sites for hydroxylation is 1. The Bertz CT molecular complexity index is 476. The molecule has 1 heterocycles. The second-order valence-electron chi connectivity index (χ2n) is 6.30. The van der Waals surface area contributed by atoms with Crippen LogP contribution in [0.1, 0.15) is 38.2 Å². The minimum atomic E-state index is 0. The predicted octanol–water partition coefficient (Wildman–Crippen LogP) is 3.03. The van der Waals surface area contributed by atoms with Crippen LogP contribution in [0.4, 0.5) is 0 Å². The van der Waals surface area contributed by atoms with E-state index in [-0.39, 0.29) is 24.4 Å². The third-order valence-corrected chi connectivity index (χ3v) is 4.57. The van der Waals surface area contributed by atoms with Crippen LogP contribution in [0.25, 0.3) is 0 Å². The number of rotatable bonds is 6. The summed E-state index contributed by atoms with van der Waals surface area (Å²) in [4.78, 5) is 14.3. The molecule has 1 amide bonds. The van der Waals surface area contributed by atoms with Crippen molar-refractivity contribution in [2.24, 2.45) is 11.7 Å². The SMILES string of the molecule is COc1ccc(CCCC(=O)N2CCCC(C(C)N)C2)cc1.Cl. The van der Waals surface area contributed by atoms with Gasteiger partial charge in [-0.15, -0.1) is 12.4 Å². The van der Waals surface area contributed by atoms with Gasteiger partial charge in [-0.25, -0.2) is 0 Å². The highest BCUT2D eigenvalue weighted by atomic mass is 35.5. The predicted molar refractivity (Wildman–Crippen MR) is 96.1 cm³/mol. The number of carbonyl (C=O) groups excluding carboxylic acids is 1. The van der Waals surface area contributed by atoms with E-state index < -0.39 is 0 Å². The molecule has 2 unspecified atom stereocenters. The van der Waals surface area contributed by atoms with Crippen molar-refractivity contribution < 1.29 is 9.53 Å². The summed E-state index contributed by atoms with van der Waals surface area (Å²) in [5.74, 6) is 1.60. The van der Waals surface area contributed by atoms with E-state index >= 15 is 0 Å². The Morgan fingerprint density at radius 2 is 2.09 bits per heavy atom. The normalized spacial score (nSPS) is 18.9. The van der Waals surface area contributed by atoms with Gasteiger partial charge >= 0.3 is 0 Å². The summed E-state index contributed by atoms with van der Waals surface area (Å²) in [6, 6.07) is 8.24. The first kappa shape index (κ1) is 19.8. The maximum atomic E-state index is 12.3. The van der Waals surface area contributed by atoms with Crippen LogP contribution in [0.3, 0.4) is 0 Å². The lowest BCUT2D eigenvalue weighted by Crippen LogP contribution is -2.45. The summed E-state index contributed by atoms with van der Waals surface area (Å²) in [5.41, 5.74) is 7.23. The van der Waals surface area contributed by atoms with Crippen molar-refractivity contribution in [1.82, 2.24) is 4.90 Å². The van der Waals surface area contributed by atoms with Crippen LogP contribution >= 0.6 is 12.4 Å². The smallest absolute Gasteiger partial charge is 0.222 e. The maximum absolute atomic E-state index is 12.3. The number of hydrogen-bond acceptors (Lipinski definition) is 3. The van der Waals surface area contributed by atoms with Crippen LogP contribution in [-0.2, 0) is 11.2 Å². The lowest BCUT2D eigenvalue weighted by Gasteiger charge is -2.34. The third kappa shape index (κ3) is 6.04. The van der Waals surface area contributed by atoms with Crippen LogP contribution in [0.15, 0.2) is 24.3 Å². The minimum Gasteiger partial charge on any atom is -0.497 e. The summed E-state index contributed by atoms with van der Waals surface area (Å²) in [6.45, 7) is 3.77. The van der Waals surface area contributed by atoms with Gasteiger partial charge in [0.05, 0.1) is 7.11 Å². The van der Waals surface area contributed by atoms with Gasteiger partial charge in [0, 0.05) is 25.6 Å². The average Bonchev–Trinajstić information content (AvgIpc) is 2.55. The molecule has 1 aliphatic heterocycles. The van der Waals surface area contributed by atoms with Crippen molar-refractivity contribution in [2.45, 2.75) is 45.1 Å². The number of nitrogens with two attached hydrogens (primary N) is 1. The molecule has 0 spiro atoms. The molecule has 2 rings (SSSR count). The van der Waals surface area contributed by atoms with Crippen LogP contribution < -0.4 is 10.5 Å². The lowest BCUT2D eigenvalue weighted by molar-refractivity contribution is -0.133. The van der Waals surface area contributed by atoms with Crippen molar-refractivity contribution in [3.05, 3.63) is 29.8 Å². The molecule has 0 bridgehead atoms. The molecule has 23 heavy (non-hydrogen) atoms. The van der Waals surface area contributed by atoms with Crippen LogP contribution in [0.5, 0.6) is 5.75 Å². The van der Waals surface area contributed by atoms with Crippen LogP contribution in [0, 0.1) is 5.92 Å². The highest BCUT2D eigenvalue weighted by Crippen LogP contribution is 2.20. The Morgan fingerprint density at radius 3 is 2.70 bits per heavy atom. The van der Waals surface area contributed by atoms with E-state index in [0.29, 0.717) is 12.3 Å². The van der Waals surface area contributed by atoms with Crippen molar-refractivity contribution in [3.8, 4) is 5.75 Å². The lowest BCUT2D eigenvalue weighted by atomic mass is 9.92. The summed E-state index contributed by atoms with van der Waals surface area (Å²) in [6.07, 6.45) is 4.67. The molecule has 5 heteroatoms. The molecular formula is C18H29ClN2O2. The van der Waals surface area contributed by atoms with Crippen molar-refractivity contribution in [1.29, 1.82) is 0 Å². The molecule has 0 aliphatic carbocycles. The van der Waals surface area contributed by atoms with E-state index in [1.165, 1.54) is 5.56 Å². The zero-order valence-corrected chi connectivity index (χ0v) is 15.0. The largest absolute Gasteiger partial charge is 0.497 e. The average molecular weight is 341 g/mol. The molecular weight excluding hydrogens is 312 g/mol. The van der Waals surface area contributed by atoms with Crippen LogP contribution in [0.2, 0.25) is 0 Å². The first-order chi connectivity index (χ1) is 10.6. The van der Waals surface area contributed by atoms with Gasteiger partial charge < -0.3 is 15.4 Å². The first-order valence-electron chi connectivity index (χ1n) is 8.26. The Balaban J connectivity index is 0.00000264. The standard InChI is InChI=1S/C18H28N2O2.ClH/c1-14(19)16-6-4-12-20(13-16)18(21)7-3-5-15-8-10-17(22-2)11-9-15;/h8-11,14,16H,3-7,12-13,19H2,1-2H3;1H. The van der Waals surface area contributed by atoms with E-state index in [0.717, 1.165) is 44.5 Å². The fourth-order valence-corrected chi connectivity index (χ4v) is 3.06. The molecule has 0 saturated carbocycles. The number of methoxy groups -OCH3 is 1. The zero-order chi connectivity index (χ0) is 15.9. The summed E-state index contributed by atoms with van der Waals surface area (Å²) in [7, 11) is 1.67. The van der Waals surface area contributed by atoms with E-state index in [1.54, 1.807) is 7.11 Å². The van der Waals surface area contributed by atoms with Gasteiger partial charge in [0.1, 0.15) is 5.75 Å². The number of carbonyl (C=O) groups is 1. The molecule has 1 aromatic carbocycles. The zero-order valence-electron chi connectivity index (χ0n) is 14.2. The molecule has 1 aromatic rings. The summed E-state index contributed by atoms with van der Waals surface area (Å²) < 4.78 is 5.15. The Kier molecular flexibility index (Phi) is 8.42. The van der Waals surface area contributed by atoms with Gasteiger partial charge in [-0.3, -0.25) is 4.79 Å². The Labute approximate surface area is 145 Å². The van der Waals surface area contributed by atoms with Gasteiger partial charge in [-0.05, 0) is 56.2 Å². The molecule has 1 fully saturated rings. The topological polar surface area (TPSA) is 55.6 Å². The number of piperidine rings is 1. The minimum absolute atomic E-state index is 0. The summed E-state index contributed by atoms with van der Waals surface area (Å²) >= 11 is 0. The quantitative estimate of drug-likeness (QED) is 0.866. The summed E-state index contributed by atoms with van der Waals surface area (Å²) in [5, 5.41) is 0. The molecule has 2 atom stereocenters. The molecule has 130 valence electrons. The van der Waals surface area contributed by atoms with E-state index in [2.05, 4.69) is 12.1 Å². The van der Waals surface area contributed by atoms with Gasteiger partial charge in [-0.2, -0.15) is 0 Å². The third-order valence-electron chi connectivity index (χ3n) is 4.57. The first-order valence-corrected chi connectivity index (χ1v) is 8.26. The van der Waals surface area contributed by atoms with E-state index in [4.69, 9.17) is 10.5 Å². The number of likely N-dealkylation sites (tertiary alicyclic amines) is 1. The van der Waals surface area contributed by atoms with Crippen molar-refractivity contribution in [2.75, 3.05) is 20.2 Å². The Morgan fingerprint density at radius 1 is 1.39 bits per heavy atom. The van der Waals surface area contributed by atoms with Gasteiger partial charge in [0.15, 0.2) is 0 Å². The number of hydrogen-bond donors (Lipinski definition) is 1. The highest BCUT2D eigenvalue weighted by Gasteiger charge is 2.25. The maximum Gasteiger partial charge on any atom is 0.222 e. The second-order valence-corrected chi connectivity index (χ2v) is 6.30. The van der Waals surface area contributed by atoms with Gasteiger partial charge in [0.2, 0.25) is 5.91 Å². The number of ether oxygens (including phenoxy) is 1. The molecule has 2 N–H and O–H groups in total. The Hall–Kier alpha value is -1.26. The van der Waals surface area contributed by atoms with Gasteiger partial charge in [-0.1, -0.05) is 12.1 Å². The van der Waals surface area contributed by atoms with Gasteiger partial charge in [0.25, 0.3) is 0 Å². The molecule has 1 saturated heterocycles. The van der Waals surface area contributed by atoms with Crippen molar-refractivity contribution in [3.63, 3.8) is 0 Å². The fraction of sp³-hybridized carbons (Fsp3) is 0.611. The monoisotopic (exact) mass is 340 g/mol. The van der Waals surface area contributed by atoms with E-state index in [1.807, 2.05) is 24.0 Å². The van der Waals surface area contributed by atoms with Crippen molar-refractivity contribution >= 4 is 18.3 Å². The number of amides is 1. The van der Waals surface area contributed by atoms with E-state index in [9.17, 15) is 4.79 Å². The molecule has 0 radical (unpaired) electrons. The van der Waals surface area contributed by atoms with Crippen LogP contribution in [-0.4, -0.2) is 37.0 Å². The number of benzene rings is 1. The second kappa shape index (κ2) is 9.78.